The summed E-state index contributed by atoms with van der Waals surface area (Å²) >= 11 is 1.61. The first-order valence-corrected chi connectivity index (χ1v) is 12.2. The normalized spacial score (nSPS) is 11.4. The molecule has 0 bridgehead atoms. The minimum absolute atomic E-state index is 0.0951. The molecule has 0 saturated heterocycles. The second-order valence-corrected chi connectivity index (χ2v) is 9.11. The maximum atomic E-state index is 15.9. The topological polar surface area (TPSA) is 125 Å². The van der Waals surface area contributed by atoms with Gasteiger partial charge in [-0.3, -0.25) is 19.9 Å². The van der Waals surface area contributed by atoms with Crippen LogP contribution in [0.3, 0.4) is 0 Å². The summed E-state index contributed by atoms with van der Waals surface area (Å²) in [5, 5.41) is 12.2. The Bertz CT molecular complexity index is 1720. The third-order valence-corrected chi connectivity index (χ3v) is 6.62. The van der Waals surface area contributed by atoms with E-state index in [1.807, 2.05) is 30.5 Å². The Morgan fingerprint density at radius 3 is 2.92 bits per heavy atom. The number of pyridine rings is 3. The van der Waals surface area contributed by atoms with Crippen LogP contribution < -0.4 is 5.32 Å². The van der Waals surface area contributed by atoms with Crippen molar-refractivity contribution in [3.63, 3.8) is 0 Å². The van der Waals surface area contributed by atoms with E-state index in [1.165, 1.54) is 18.6 Å². The van der Waals surface area contributed by atoms with Gasteiger partial charge >= 0.3 is 0 Å². The molecule has 9 nitrogen and oxygen atoms in total. The molecule has 0 aliphatic rings. The van der Waals surface area contributed by atoms with E-state index in [2.05, 4.69) is 35.5 Å². The van der Waals surface area contributed by atoms with E-state index < -0.39 is 5.82 Å². The van der Waals surface area contributed by atoms with E-state index >= 15 is 4.39 Å². The smallest absolute Gasteiger partial charge is 0.224 e. The summed E-state index contributed by atoms with van der Waals surface area (Å²) in [4.78, 5) is 33.8. The van der Waals surface area contributed by atoms with Gasteiger partial charge in [-0.05, 0) is 30.0 Å². The molecule has 6 heterocycles. The monoisotopic (exact) mass is 498 g/mol. The van der Waals surface area contributed by atoms with E-state index in [0.717, 1.165) is 16.9 Å². The van der Waals surface area contributed by atoms with Crippen molar-refractivity contribution in [3.05, 3.63) is 60.3 Å². The number of anilines is 1. The van der Waals surface area contributed by atoms with Crippen molar-refractivity contribution in [1.29, 1.82) is 0 Å². The van der Waals surface area contributed by atoms with Crippen molar-refractivity contribution < 1.29 is 9.18 Å². The second-order valence-electron chi connectivity index (χ2n) is 8.16. The maximum absolute atomic E-state index is 15.9. The zero-order chi connectivity index (χ0) is 24.6. The van der Waals surface area contributed by atoms with Crippen LogP contribution in [-0.4, -0.2) is 41.0 Å². The van der Waals surface area contributed by atoms with Crippen molar-refractivity contribution in [2.45, 2.75) is 19.8 Å². The van der Waals surface area contributed by atoms with Crippen molar-refractivity contribution in [3.8, 4) is 33.2 Å². The van der Waals surface area contributed by atoms with E-state index in [1.54, 1.807) is 23.6 Å². The number of hydrogen-bond acceptors (Lipinski definition) is 7. The molecule has 1 amide bonds. The highest BCUT2D eigenvalue weighted by atomic mass is 32.1. The fourth-order valence-electron chi connectivity index (χ4n) is 4.09. The number of nitrogens with zero attached hydrogens (tertiary/aromatic N) is 5. The largest absolute Gasteiger partial charge is 0.325 e. The molecule has 6 aromatic rings. The number of aromatic nitrogens is 7. The van der Waals surface area contributed by atoms with Crippen molar-refractivity contribution in [2.24, 2.45) is 0 Å². The Morgan fingerprint density at radius 2 is 2.08 bits per heavy atom. The summed E-state index contributed by atoms with van der Waals surface area (Å²) in [5.74, 6) is -0.303. The molecule has 0 aromatic carbocycles. The van der Waals surface area contributed by atoms with E-state index in [-0.39, 0.29) is 17.0 Å². The van der Waals surface area contributed by atoms with E-state index in [4.69, 9.17) is 4.98 Å². The molecule has 178 valence electrons. The number of rotatable bonds is 6. The number of thiophene rings is 1. The van der Waals surface area contributed by atoms with Gasteiger partial charge in [-0.1, -0.05) is 13.0 Å². The zero-order valence-electron chi connectivity index (χ0n) is 19.0. The van der Waals surface area contributed by atoms with Gasteiger partial charge in [0.15, 0.2) is 17.3 Å². The number of H-pyrrole nitrogens is 2. The zero-order valence-corrected chi connectivity index (χ0v) is 19.9. The van der Waals surface area contributed by atoms with Gasteiger partial charge in [-0.2, -0.15) is 5.10 Å². The molecular weight excluding hydrogens is 479 g/mol. The van der Waals surface area contributed by atoms with Gasteiger partial charge in [0.05, 0.1) is 29.0 Å². The van der Waals surface area contributed by atoms with Crippen LogP contribution in [0.25, 0.3) is 55.3 Å². The number of hydrogen-bond donors (Lipinski definition) is 3. The van der Waals surface area contributed by atoms with Gasteiger partial charge < -0.3 is 10.3 Å². The summed E-state index contributed by atoms with van der Waals surface area (Å²) in [6.45, 7) is 1.92. The third kappa shape index (κ3) is 3.79. The molecule has 0 aliphatic carbocycles. The highest BCUT2D eigenvalue weighted by molar-refractivity contribution is 7.13. The minimum Gasteiger partial charge on any atom is -0.325 e. The van der Waals surface area contributed by atoms with Crippen LogP contribution >= 0.6 is 11.3 Å². The summed E-state index contributed by atoms with van der Waals surface area (Å²) in [6, 6.07) is 7.55. The van der Waals surface area contributed by atoms with Crippen LogP contribution in [0.15, 0.2) is 54.4 Å². The number of carbonyl (C=O) groups is 1. The molecule has 0 saturated carbocycles. The lowest BCUT2D eigenvalue weighted by Gasteiger charge is -2.07. The van der Waals surface area contributed by atoms with Gasteiger partial charge in [-0.15, -0.1) is 11.3 Å². The average Bonchev–Trinajstić information content (AvgIpc) is 3.63. The first kappa shape index (κ1) is 22.0. The Hall–Kier alpha value is -4.51. The number of aromatic amines is 2. The summed E-state index contributed by atoms with van der Waals surface area (Å²) < 4.78 is 15.9. The summed E-state index contributed by atoms with van der Waals surface area (Å²) in [6.07, 6.45) is 7.37. The Morgan fingerprint density at radius 1 is 1.17 bits per heavy atom. The Labute approximate surface area is 207 Å². The lowest BCUT2D eigenvalue weighted by molar-refractivity contribution is -0.116. The molecule has 0 radical (unpaired) electrons. The average molecular weight is 499 g/mol. The molecule has 0 spiro atoms. The Kier molecular flexibility index (Phi) is 5.45. The lowest BCUT2D eigenvalue weighted by Crippen LogP contribution is -2.10. The second kappa shape index (κ2) is 8.93. The molecule has 0 atom stereocenters. The predicted octanol–water partition coefficient (Wildman–Crippen LogP) is 5.56. The summed E-state index contributed by atoms with van der Waals surface area (Å²) in [7, 11) is 0. The number of imidazole rings is 1. The van der Waals surface area contributed by atoms with Gasteiger partial charge in [0.25, 0.3) is 0 Å². The third-order valence-electron chi connectivity index (χ3n) is 5.71. The molecule has 3 N–H and O–H groups in total. The Balaban J connectivity index is 1.44. The fraction of sp³-hybridized carbons (Fsp3) is 0.120. The first-order chi connectivity index (χ1) is 17.6. The molecule has 36 heavy (non-hydrogen) atoms. The number of amides is 1. The molecule has 6 aromatic heterocycles. The number of halogens is 1. The summed E-state index contributed by atoms with van der Waals surface area (Å²) in [5.41, 5.74) is 3.96. The molecule has 11 heteroatoms. The van der Waals surface area contributed by atoms with Crippen LogP contribution in [0.4, 0.5) is 10.1 Å². The highest BCUT2D eigenvalue weighted by Crippen LogP contribution is 2.35. The lowest BCUT2D eigenvalue weighted by atomic mass is 10.1. The van der Waals surface area contributed by atoms with Crippen LogP contribution in [0.1, 0.15) is 19.8 Å². The molecular formula is C25H19FN8OS. The van der Waals surface area contributed by atoms with Gasteiger partial charge in [0.2, 0.25) is 5.91 Å². The molecule has 0 aliphatic heterocycles. The fourth-order valence-corrected chi connectivity index (χ4v) is 4.84. The predicted molar refractivity (Wildman–Crippen MR) is 137 cm³/mol. The van der Waals surface area contributed by atoms with E-state index in [0.29, 0.717) is 45.9 Å². The van der Waals surface area contributed by atoms with Crippen LogP contribution in [0.5, 0.6) is 0 Å². The minimum atomic E-state index is -0.568. The quantitative estimate of drug-likeness (QED) is 0.276. The van der Waals surface area contributed by atoms with E-state index in [9.17, 15) is 4.79 Å². The van der Waals surface area contributed by atoms with Crippen LogP contribution in [0.2, 0.25) is 0 Å². The molecule has 6 rings (SSSR count). The van der Waals surface area contributed by atoms with Crippen LogP contribution in [-0.2, 0) is 4.79 Å². The van der Waals surface area contributed by atoms with Crippen molar-refractivity contribution in [1.82, 2.24) is 35.1 Å². The van der Waals surface area contributed by atoms with Crippen molar-refractivity contribution >= 4 is 45.0 Å². The molecule has 0 unspecified atom stereocenters. The highest BCUT2D eigenvalue weighted by Gasteiger charge is 2.22. The van der Waals surface area contributed by atoms with Crippen molar-refractivity contribution in [2.75, 3.05) is 5.32 Å². The number of carbonyl (C=O) groups excluding carboxylic acids is 1. The van der Waals surface area contributed by atoms with Gasteiger partial charge in [0.1, 0.15) is 16.9 Å². The maximum Gasteiger partial charge on any atom is 0.224 e. The first-order valence-electron chi connectivity index (χ1n) is 11.3. The SMILES string of the molecule is CCCC(=O)Nc1cncc(-c2ncc3[nH]nc(-c4nc5c(-c6cccs6)ccnc5[nH]4)c3c2F)c1. The van der Waals surface area contributed by atoms with Gasteiger partial charge in [0, 0.05) is 34.8 Å². The van der Waals surface area contributed by atoms with Gasteiger partial charge in [-0.25, -0.2) is 14.4 Å². The number of nitrogens with one attached hydrogen (secondary N) is 3. The standard InChI is InChI=1S/C25H19FN8OS/c1-2-4-18(35)30-14-9-13(10-27-11-14)21-20(26)19-16(12-29-21)33-34-23(19)25-31-22-15(17-5-3-8-36-17)6-7-28-24(22)32-25/h3,5-12H,2,4H2,1H3,(H,30,35)(H,33,34)(H,28,31,32). The van der Waals surface area contributed by atoms with Crippen LogP contribution in [0, 0.1) is 5.82 Å². The number of fused-ring (bicyclic) bond motifs is 2. The molecule has 0 fully saturated rings.